The van der Waals surface area contributed by atoms with Crippen molar-refractivity contribution in [1.82, 2.24) is 9.88 Å². The zero-order valence-electron chi connectivity index (χ0n) is 15.3. The molecule has 29 heavy (non-hydrogen) atoms. The van der Waals surface area contributed by atoms with Crippen molar-refractivity contribution in [2.75, 3.05) is 7.05 Å². The standard InChI is InChI=1S/C21H15BrN2O4S/c1-24-20(26)19(29-21(24)27)9-14-8-18(17(25)10-15(14)22)28-11-12-4-5-16-13(7-12)3-2-6-23-16/h2-10,25H,11H2,1H3/b19-9-. The van der Waals surface area contributed by atoms with E-state index in [2.05, 4.69) is 20.9 Å². The van der Waals surface area contributed by atoms with E-state index in [1.54, 1.807) is 18.3 Å². The predicted molar refractivity (Wildman–Crippen MR) is 116 cm³/mol. The Hall–Kier alpha value is -2.84. The van der Waals surface area contributed by atoms with E-state index in [1.165, 1.54) is 13.1 Å². The second-order valence-electron chi connectivity index (χ2n) is 6.40. The van der Waals surface area contributed by atoms with Crippen LogP contribution in [0.3, 0.4) is 0 Å². The molecule has 146 valence electrons. The van der Waals surface area contributed by atoms with Gasteiger partial charge in [-0.25, -0.2) is 0 Å². The van der Waals surface area contributed by atoms with E-state index < -0.39 is 0 Å². The highest BCUT2D eigenvalue weighted by Crippen LogP contribution is 2.37. The quantitative estimate of drug-likeness (QED) is 0.543. The molecular weight excluding hydrogens is 456 g/mol. The first kappa shape index (κ1) is 19.5. The van der Waals surface area contributed by atoms with Gasteiger partial charge >= 0.3 is 0 Å². The lowest BCUT2D eigenvalue weighted by Gasteiger charge is -2.11. The zero-order valence-corrected chi connectivity index (χ0v) is 17.7. The summed E-state index contributed by atoms with van der Waals surface area (Å²) in [5.74, 6) is -0.103. The molecule has 0 radical (unpaired) electrons. The molecule has 0 spiro atoms. The van der Waals surface area contributed by atoms with Crippen molar-refractivity contribution in [1.29, 1.82) is 0 Å². The van der Waals surface area contributed by atoms with Gasteiger partial charge in [-0.3, -0.25) is 19.5 Å². The van der Waals surface area contributed by atoms with Gasteiger partial charge < -0.3 is 9.84 Å². The van der Waals surface area contributed by atoms with Crippen molar-refractivity contribution in [2.24, 2.45) is 0 Å². The first-order valence-corrected chi connectivity index (χ1v) is 10.2. The number of ether oxygens (including phenoxy) is 1. The van der Waals surface area contributed by atoms with E-state index in [1.807, 2.05) is 30.3 Å². The molecule has 1 aliphatic heterocycles. The molecule has 0 unspecified atom stereocenters. The largest absolute Gasteiger partial charge is 0.504 e. The number of carbonyl (C=O) groups excluding carboxylic acids is 2. The predicted octanol–water partition coefficient (Wildman–Crippen LogP) is 4.95. The first-order chi connectivity index (χ1) is 13.9. The van der Waals surface area contributed by atoms with Crippen LogP contribution in [-0.4, -0.2) is 33.2 Å². The van der Waals surface area contributed by atoms with Gasteiger partial charge in [-0.05, 0) is 59.3 Å². The molecule has 8 heteroatoms. The van der Waals surface area contributed by atoms with Gasteiger partial charge in [0.2, 0.25) is 0 Å². The number of phenolic OH excluding ortho intramolecular Hbond substituents is 1. The molecule has 2 amide bonds. The zero-order chi connectivity index (χ0) is 20.5. The highest BCUT2D eigenvalue weighted by atomic mass is 79.9. The third kappa shape index (κ3) is 3.99. The van der Waals surface area contributed by atoms with Crippen LogP contribution in [0.25, 0.3) is 17.0 Å². The van der Waals surface area contributed by atoms with E-state index in [9.17, 15) is 14.7 Å². The number of hydrogen-bond donors (Lipinski definition) is 1. The van der Waals surface area contributed by atoms with Crippen LogP contribution >= 0.6 is 27.7 Å². The summed E-state index contributed by atoms with van der Waals surface area (Å²) in [4.78, 5) is 29.5. The Kier molecular flexibility index (Phi) is 5.29. The molecule has 4 rings (SSSR count). The van der Waals surface area contributed by atoms with Gasteiger partial charge in [-0.15, -0.1) is 0 Å². The van der Waals surface area contributed by atoms with Crippen LogP contribution in [0.2, 0.25) is 0 Å². The number of benzene rings is 2. The minimum Gasteiger partial charge on any atom is -0.504 e. The van der Waals surface area contributed by atoms with Crippen LogP contribution in [0.15, 0.2) is 58.0 Å². The molecule has 3 aromatic rings. The van der Waals surface area contributed by atoms with E-state index in [-0.39, 0.29) is 29.3 Å². The molecule has 1 saturated heterocycles. The average Bonchev–Trinajstić information content (AvgIpc) is 2.95. The van der Waals surface area contributed by atoms with Crippen LogP contribution in [0.1, 0.15) is 11.1 Å². The van der Waals surface area contributed by atoms with Crippen LogP contribution in [0.5, 0.6) is 11.5 Å². The van der Waals surface area contributed by atoms with Gasteiger partial charge in [0.1, 0.15) is 6.61 Å². The number of nitrogens with zero attached hydrogens (tertiary/aromatic N) is 2. The Morgan fingerprint density at radius 2 is 2.07 bits per heavy atom. The van der Waals surface area contributed by atoms with Gasteiger partial charge in [0.15, 0.2) is 11.5 Å². The lowest BCUT2D eigenvalue weighted by atomic mass is 10.1. The summed E-state index contributed by atoms with van der Waals surface area (Å²) in [6, 6.07) is 12.8. The molecular formula is C21H15BrN2O4S. The summed E-state index contributed by atoms with van der Waals surface area (Å²) in [5.41, 5.74) is 2.45. The number of fused-ring (bicyclic) bond motifs is 1. The van der Waals surface area contributed by atoms with Gasteiger partial charge in [0.25, 0.3) is 11.1 Å². The fourth-order valence-electron chi connectivity index (χ4n) is 2.85. The number of halogens is 1. The fraction of sp³-hybridized carbons (Fsp3) is 0.0952. The summed E-state index contributed by atoms with van der Waals surface area (Å²) in [6.45, 7) is 0.255. The van der Waals surface area contributed by atoms with Gasteiger partial charge in [0.05, 0.1) is 10.4 Å². The third-order valence-electron chi connectivity index (χ3n) is 4.41. The second-order valence-corrected chi connectivity index (χ2v) is 8.25. The van der Waals surface area contributed by atoms with E-state index in [4.69, 9.17) is 4.74 Å². The minimum atomic E-state index is -0.354. The molecule has 2 heterocycles. The number of aromatic hydroxyl groups is 1. The number of imide groups is 1. The molecule has 0 atom stereocenters. The van der Waals surface area contributed by atoms with Crippen LogP contribution in [0.4, 0.5) is 4.79 Å². The highest BCUT2D eigenvalue weighted by Gasteiger charge is 2.32. The Labute approximate surface area is 179 Å². The number of rotatable bonds is 4. The molecule has 2 aromatic carbocycles. The number of phenols is 1. The van der Waals surface area contributed by atoms with Gasteiger partial charge in [-0.2, -0.15) is 0 Å². The Morgan fingerprint density at radius 1 is 1.24 bits per heavy atom. The second kappa shape index (κ2) is 7.88. The number of amides is 2. The van der Waals surface area contributed by atoms with Crippen LogP contribution < -0.4 is 4.74 Å². The summed E-state index contributed by atoms with van der Waals surface area (Å²) in [7, 11) is 1.44. The number of pyridine rings is 1. The molecule has 1 fully saturated rings. The average molecular weight is 471 g/mol. The van der Waals surface area contributed by atoms with Crippen molar-refractivity contribution >= 4 is 55.8 Å². The van der Waals surface area contributed by atoms with E-state index in [0.29, 0.717) is 14.9 Å². The maximum Gasteiger partial charge on any atom is 0.293 e. The van der Waals surface area contributed by atoms with Gasteiger partial charge in [0, 0.05) is 23.1 Å². The molecule has 0 bridgehead atoms. The van der Waals surface area contributed by atoms with Crippen molar-refractivity contribution in [3.05, 3.63) is 69.2 Å². The number of aromatic nitrogens is 1. The number of hydrogen-bond acceptors (Lipinski definition) is 6. The van der Waals surface area contributed by atoms with Gasteiger partial charge in [-0.1, -0.05) is 28.1 Å². The molecule has 1 aromatic heterocycles. The van der Waals surface area contributed by atoms with Crippen LogP contribution in [-0.2, 0) is 11.4 Å². The minimum absolute atomic E-state index is 0.0277. The monoisotopic (exact) mass is 470 g/mol. The van der Waals surface area contributed by atoms with Crippen molar-refractivity contribution < 1.29 is 19.4 Å². The number of thioether (sulfide) groups is 1. The Bertz CT molecular complexity index is 1180. The summed E-state index contributed by atoms with van der Waals surface area (Å²) < 4.78 is 6.40. The topological polar surface area (TPSA) is 79.7 Å². The molecule has 0 aliphatic carbocycles. The Balaban J connectivity index is 1.58. The van der Waals surface area contributed by atoms with E-state index in [0.717, 1.165) is 33.1 Å². The normalized spacial score (nSPS) is 15.5. The molecule has 0 saturated carbocycles. The smallest absolute Gasteiger partial charge is 0.293 e. The van der Waals surface area contributed by atoms with Crippen molar-refractivity contribution in [3.8, 4) is 11.5 Å². The first-order valence-electron chi connectivity index (χ1n) is 8.63. The number of carbonyl (C=O) groups is 2. The highest BCUT2D eigenvalue weighted by molar-refractivity contribution is 9.10. The summed E-state index contributed by atoms with van der Waals surface area (Å²) >= 11 is 4.25. The molecule has 1 N–H and O–H groups in total. The van der Waals surface area contributed by atoms with Crippen LogP contribution in [0, 0.1) is 0 Å². The van der Waals surface area contributed by atoms with Crippen molar-refractivity contribution in [2.45, 2.75) is 6.61 Å². The SMILES string of the molecule is CN1C(=O)S/C(=C\c2cc(OCc3ccc4ncccc4c3)c(O)cc2Br)C1=O. The molecule has 6 nitrogen and oxygen atoms in total. The maximum absolute atomic E-state index is 12.1. The van der Waals surface area contributed by atoms with Crippen molar-refractivity contribution in [3.63, 3.8) is 0 Å². The lowest BCUT2D eigenvalue weighted by molar-refractivity contribution is -0.121. The summed E-state index contributed by atoms with van der Waals surface area (Å²) in [5, 5.41) is 10.9. The third-order valence-corrected chi connectivity index (χ3v) is 6.06. The molecule has 1 aliphatic rings. The number of likely N-dealkylation sites (N-methyl/N-ethyl adjacent to an activating group) is 1. The lowest BCUT2D eigenvalue weighted by Crippen LogP contribution is -2.22. The fourth-order valence-corrected chi connectivity index (χ4v) is 4.11. The maximum atomic E-state index is 12.1. The Morgan fingerprint density at radius 3 is 2.83 bits per heavy atom. The van der Waals surface area contributed by atoms with E-state index >= 15 is 0 Å². The summed E-state index contributed by atoms with van der Waals surface area (Å²) in [6.07, 6.45) is 3.35.